The molecule has 444 valence electrons. The van der Waals surface area contributed by atoms with E-state index >= 15 is 0 Å². The Morgan fingerprint density at radius 1 is 0.360 bits per heavy atom. The third-order valence-corrected chi connectivity index (χ3v) is 16.0. The minimum absolute atomic E-state index is 0.00558. The van der Waals surface area contributed by atoms with E-state index in [9.17, 15) is 19.8 Å². The number of ether oxygens (including phenoxy) is 1. The van der Waals surface area contributed by atoms with Crippen molar-refractivity contribution in [1.29, 1.82) is 0 Å². The standard InChI is InChI=1S/C69H133NO5/c1-3-5-7-9-11-13-15-17-19-20-28-31-34-37-41-45-49-53-57-61-67(72)66(65-71)70-68(73)62-58-54-50-46-42-38-35-32-29-26-24-22-21-23-25-27-30-33-36-40-44-48-52-56-60-64-75-69(74)63-59-55-51-47-43-39-18-16-14-12-10-8-6-4-2/h16,18,22,24,66-67,71-72H,3-15,17,19-21,23,25-65H2,1-2H3,(H,70,73)/b18-16-,24-22-. The summed E-state index contributed by atoms with van der Waals surface area (Å²) in [5.74, 6) is -0.0289. The number of rotatable bonds is 64. The van der Waals surface area contributed by atoms with Crippen LogP contribution in [0.2, 0.25) is 0 Å². The van der Waals surface area contributed by atoms with Crippen molar-refractivity contribution in [3.63, 3.8) is 0 Å². The van der Waals surface area contributed by atoms with Crippen molar-refractivity contribution in [2.75, 3.05) is 13.2 Å². The van der Waals surface area contributed by atoms with Gasteiger partial charge in [-0.25, -0.2) is 0 Å². The second-order valence-corrected chi connectivity index (χ2v) is 23.5. The topological polar surface area (TPSA) is 95.9 Å². The maximum absolute atomic E-state index is 12.5. The van der Waals surface area contributed by atoms with Crippen LogP contribution in [0.5, 0.6) is 0 Å². The molecule has 0 fully saturated rings. The Balaban J connectivity index is 3.40. The van der Waals surface area contributed by atoms with Gasteiger partial charge in [0, 0.05) is 12.8 Å². The van der Waals surface area contributed by atoms with Crippen LogP contribution in [-0.2, 0) is 14.3 Å². The van der Waals surface area contributed by atoms with Crippen LogP contribution in [0.4, 0.5) is 0 Å². The number of unbranched alkanes of at least 4 members (excludes halogenated alkanes) is 49. The lowest BCUT2D eigenvalue weighted by molar-refractivity contribution is -0.143. The Morgan fingerprint density at radius 3 is 0.947 bits per heavy atom. The van der Waals surface area contributed by atoms with Crippen LogP contribution >= 0.6 is 0 Å². The van der Waals surface area contributed by atoms with E-state index in [1.165, 1.54) is 302 Å². The summed E-state index contributed by atoms with van der Waals surface area (Å²) in [5.41, 5.74) is 0. The predicted molar refractivity (Wildman–Crippen MR) is 329 cm³/mol. The van der Waals surface area contributed by atoms with Gasteiger partial charge in [-0.3, -0.25) is 9.59 Å². The molecule has 0 aromatic carbocycles. The first-order chi connectivity index (χ1) is 37.0. The first-order valence-electron chi connectivity index (χ1n) is 34.1. The largest absolute Gasteiger partial charge is 0.466 e. The number of nitrogens with one attached hydrogen (secondary N) is 1. The van der Waals surface area contributed by atoms with Gasteiger partial charge in [0.1, 0.15) is 0 Å². The Hall–Kier alpha value is -1.66. The molecule has 75 heavy (non-hydrogen) atoms. The van der Waals surface area contributed by atoms with Crippen molar-refractivity contribution in [2.45, 2.75) is 392 Å². The quantitative estimate of drug-likeness (QED) is 0.0320. The number of carbonyl (C=O) groups is 2. The predicted octanol–water partition coefficient (Wildman–Crippen LogP) is 21.8. The maximum atomic E-state index is 12.5. The van der Waals surface area contributed by atoms with Gasteiger partial charge in [-0.05, 0) is 77.0 Å². The Kier molecular flexibility index (Phi) is 63.4. The summed E-state index contributed by atoms with van der Waals surface area (Å²) in [6.07, 6.45) is 80.7. The van der Waals surface area contributed by atoms with E-state index in [0.717, 1.165) is 44.9 Å². The van der Waals surface area contributed by atoms with Gasteiger partial charge >= 0.3 is 5.97 Å². The highest BCUT2D eigenvalue weighted by Gasteiger charge is 2.20. The summed E-state index contributed by atoms with van der Waals surface area (Å²) >= 11 is 0. The lowest BCUT2D eigenvalue weighted by Crippen LogP contribution is -2.45. The molecule has 1 amide bonds. The number of amides is 1. The highest BCUT2D eigenvalue weighted by atomic mass is 16.5. The summed E-state index contributed by atoms with van der Waals surface area (Å²) in [4.78, 5) is 24.6. The number of aliphatic hydroxyl groups excluding tert-OH is 2. The van der Waals surface area contributed by atoms with Crippen molar-refractivity contribution < 1.29 is 24.5 Å². The molecule has 0 aliphatic rings. The van der Waals surface area contributed by atoms with E-state index in [-0.39, 0.29) is 18.5 Å². The van der Waals surface area contributed by atoms with Crippen LogP contribution in [0.25, 0.3) is 0 Å². The Morgan fingerprint density at radius 2 is 0.627 bits per heavy atom. The fraction of sp³-hybridized carbons (Fsp3) is 0.913. The van der Waals surface area contributed by atoms with Crippen LogP contribution in [0.15, 0.2) is 24.3 Å². The summed E-state index contributed by atoms with van der Waals surface area (Å²) in [6, 6.07) is -0.544. The normalized spacial score (nSPS) is 12.6. The molecule has 0 aliphatic heterocycles. The van der Waals surface area contributed by atoms with Crippen molar-refractivity contribution in [3.8, 4) is 0 Å². The van der Waals surface area contributed by atoms with E-state index in [0.29, 0.717) is 25.9 Å². The van der Waals surface area contributed by atoms with Gasteiger partial charge in [0.05, 0.1) is 25.4 Å². The van der Waals surface area contributed by atoms with Crippen LogP contribution in [-0.4, -0.2) is 47.4 Å². The molecule has 6 nitrogen and oxygen atoms in total. The van der Waals surface area contributed by atoms with Crippen molar-refractivity contribution in [3.05, 3.63) is 24.3 Å². The first-order valence-corrected chi connectivity index (χ1v) is 34.1. The molecule has 0 heterocycles. The van der Waals surface area contributed by atoms with E-state index in [2.05, 4.69) is 43.5 Å². The van der Waals surface area contributed by atoms with Crippen LogP contribution < -0.4 is 5.32 Å². The zero-order valence-electron chi connectivity index (χ0n) is 50.8. The van der Waals surface area contributed by atoms with Crippen LogP contribution in [0.1, 0.15) is 380 Å². The van der Waals surface area contributed by atoms with E-state index < -0.39 is 12.1 Å². The molecule has 2 atom stereocenters. The summed E-state index contributed by atoms with van der Waals surface area (Å²) in [6.45, 7) is 4.97. The molecule has 0 spiro atoms. The monoisotopic (exact) mass is 1060 g/mol. The zero-order chi connectivity index (χ0) is 54.3. The highest BCUT2D eigenvalue weighted by Crippen LogP contribution is 2.18. The molecular formula is C69H133NO5. The van der Waals surface area contributed by atoms with E-state index in [1.54, 1.807) is 0 Å². The van der Waals surface area contributed by atoms with Crippen LogP contribution in [0, 0.1) is 0 Å². The van der Waals surface area contributed by atoms with Crippen molar-refractivity contribution in [1.82, 2.24) is 5.32 Å². The molecule has 0 saturated heterocycles. The van der Waals surface area contributed by atoms with E-state index in [1.807, 2.05) is 0 Å². The SMILES string of the molecule is CCCCCCC/C=C\CCCCCCCC(=O)OCCCCCCCCCCCCCC/C=C\CCCCCCCCCCCC(=O)NC(CO)C(O)CCCCCCCCCCCCCCCCCCCCC. The third-order valence-electron chi connectivity index (χ3n) is 16.0. The van der Waals surface area contributed by atoms with Gasteiger partial charge < -0.3 is 20.3 Å². The van der Waals surface area contributed by atoms with Crippen molar-refractivity contribution >= 4 is 11.9 Å². The van der Waals surface area contributed by atoms with Gasteiger partial charge in [-0.15, -0.1) is 0 Å². The molecule has 6 heteroatoms. The molecular weight excluding hydrogens is 923 g/mol. The van der Waals surface area contributed by atoms with Gasteiger partial charge in [0.2, 0.25) is 5.91 Å². The molecule has 3 N–H and O–H groups in total. The van der Waals surface area contributed by atoms with Gasteiger partial charge in [-0.1, -0.05) is 314 Å². The van der Waals surface area contributed by atoms with Crippen molar-refractivity contribution in [2.24, 2.45) is 0 Å². The number of hydrogen-bond acceptors (Lipinski definition) is 5. The third kappa shape index (κ3) is 61.4. The number of aliphatic hydroxyl groups is 2. The number of carbonyl (C=O) groups excluding carboxylic acids is 2. The van der Waals surface area contributed by atoms with E-state index in [4.69, 9.17) is 4.74 Å². The smallest absolute Gasteiger partial charge is 0.305 e. The fourth-order valence-electron chi connectivity index (χ4n) is 10.7. The zero-order valence-corrected chi connectivity index (χ0v) is 50.8. The molecule has 0 rings (SSSR count). The Bertz CT molecular complexity index is 1170. The molecule has 2 unspecified atom stereocenters. The lowest BCUT2D eigenvalue weighted by atomic mass is 10.0. The maximum Gasteiger partial charge on any atom is 0.305 e. The van der Waals surface area contributed by atoms with Gasteiger partial charge in [0.15, 0.2) is 0 Å². The number of allylic oxidation sites excluding steroid dienone is 4. The van der Waals surface area contributed by atoms with Gasteiger partial charge in [0.25, 0.3) is 0 Å². The average Bonchev–Trinajstić information content (AvgIpc) is 3.41. The number of hydrogen-bond donors (Lipinski definition) is 3. The van der Waals surface area contributed by atoms with Gasteiger partial charge in [-0.2, -0.15) is 0 Å². The molecule has 0 saturated carbocycles. The fourth-order valence-corrected chi connectivity index (χ4v) is 10.7. The van der Waals surface area contributed by atoms with Crippen LogP contribution in [0.3, 0.4) is 0 Å². The molecule has 0 aliphatic carbocycles. The first kappa shape index (κ1) is 73.3. The minimum Gasteiger partial charge on any atom is -0.466 e. The summed E-state index contributed by atoms with van der Waals surface area (Å²) in [7, 11) is 0. The highest BCUT2D eigenvalue weighted by molar-refractivity contribution is 5.76. The second-order valence-electron chi connectivity index (χ2n) is 23.5. The second kappa shape index (κ2) is 64.9. The molecule has 0 radical (unpaired) electrons. The molecule has 0 bridgehead atoms. The number of esters is 1. The molecule has 0 aromatic heterocycles. The Labute approximate surface area is 469 Å². The lowest BCUT2D eigenvalue weighted by Gasteiger charge is -2.22. The minimum atomic E-state index is -0.667. The summed E-state index contributed by atoms with van der Waals surface area (Å²) < 4.78 is 5.48. The average molecular weight is 1060 g/mol. The summed E-state index contributed by atoms with van der Waals surface area (Å²) in [5, 5.41) is 23.4. The molecule has 0 aromatic rings.